The van der Waals surface area contributed by atoms with Crippen LogP contribution < -0.4 is 15.0 Å². The van der Waals surface area contributed by atoms with Crippen LogP contribution in [-0.4, -0.2) is 55.2 Å². The van der Waals surface area contributed by atoms with Crippen LogP contribution in [0.5, 0.6) is 5.75 Å². The van der Waals surface area contributed by atoms with Gasteiger partial charge < -0.3 is 19.9 Å². The van der Waals surface area contributed by atoms with Gasteiger partial charge in [0.2, 0.25) is 0 Å². The first kappa shape index (κ1) is 17.5. The van der Waals surface area contributed by atoms with Crippen LogP contribution >= 0.6 is 0 Å². The number of para-hydroxylation sites is 1. The predicted octanol–water partition coefficient (Wildman–Crippen LogP) is 1.86. The third-order valence-corrected chi connectivity index (χ3v) is 4.16. The van der Waals surface area contributed by atoms with E-state index in [9.17, 15) is 4.79 Å². The van der Waals surface area contributed by atoms with Gasteiger partial charge in [-0.3, -0.25) is 0 Å². The molecule has 1 saturated heterocycles. The summed E-state index contributed by atoms with van der Waals surface area (Å²) in [5, 5.41) is 11.9. The number of aromatic nitrogens is 1. The highest BCUT2D eigenvalue weighted by Crippen LogP contribution is 2.14. The summed E-state index contributed by atoms with van der Waals surface area (Å²) in [6.45, 7) is 3.50. The number of amides is 2. The number of nitrogens with one attached hydrogen (secondary N) is 1. The lowest BCUT2D eigenvalue weighted by atomic mass is 10.2. The number of rotatable bonds is 5. The molecule has 0 saturated carbocycles. The fraction of sp³-hybridized carbons (Fsp3) is 0.316. The summed E-state index contributed by atoms with van der Waals surface area (Å²) < 4.78 is 5.56. The molecule has 1 aromatic carbocycles. The molecule has 0 spiro atoms. The van der Waals surface area contributed by atoms with Gasteiger partial charge in [-0.2, -0.15) is 5.26 Å². The molecular weight excluding hydrogens is 330 g/mol. The Morgan fingerprint density at radius 1 is 1.19 bits per heavy atom. The molecule has 0 aliphatic carbocycles. The summed E-state index contributed by atoms with van der Waals surface area (Å²) in [4.78, 5) is 20.4. The molecule has 1 fully saturated rings. The standard InChI is InChI=1S/C19H21N5O2/c20-15-16-6-7-21-18(14-16)23-9-11-24(12-10-23)19(25)22-8-13-26-17-4-2-1-3-5-17/h1-7,14H,8-13H2,(H,22,25). The molecule has 1 aliphatic heterocycles. The van der Waals surface area contributed by atoms with Gasteiger partial charge in [-0.1, -0.05) is 18.2 Å². The zero-order chi connectivity index (χ0) is 18.2. The number of piperazine rings is 1. The molecule has 3 rings (SSSR count). The van der Waals surface area contributed by atoms with Crippen molar-refractivity contribution in [3.63, 3.8) is 0 Å². The number of carbonyl (C=O) groups excluding carboxylic acids is 1. The van der Waals surface area contributed by atoms with Crippen molar-refractivity contribution in [1.82, 2.24) is 15.2 Å². The number of nitrogens with zero attached hydrogens (tertiary/aromatic N) is 4. The fourth-order valence-electron chi connectivity index (χ4n) is 2.75. The quantitative estimate of drug-likeness (QED) is 0.832. The fourth-order valence-corrected chi connectivity index (χ4v) is 2.75. The van der Waals surface area contributed by atoms with Gasteiger partial charge in [0, 0.05) is 32.4 Å². The van der Waals surface area contributed by atoms with E-state index in [1.165, 1.54) is 0 Å². The van der Waals surface area contributed by atoms with E-state index in [4.69, 9.17) is 10.00 Å². The lowest BCUT2D eigenvalue weighted by molar-refractivity contribution is 0.191. The second-order valence-electron chi connectivity index (χ2n) is 5.88. The first-order valence-electron chi connectivity index (χ1n) is 8.58. The van der Waals surface area contributed by atoms with E-state index in [0.717, 1.165) is 11.6 Å². The minimum Gasteiger partial charge on any atom is -0.492 e. The number of ether oxygens (including phenoxy) is 1. The van der Waals surface area contributed by atoms with Crippen molar-refractivity contribution in [3.05, 3.63) is 54.2 Å². The second-order valence-corrected chi connectivity index (χ2v) is 5.88. The monoisotopic (exact) mass is 351 g/mol. The van der Waals surface area contributed by atoms with Crippen molar-refractivity contribution >= 4 is 11.8 Å². The number of nitriles is 1. The number of carbonyl (C=O) groups is 1. The van der Waals surface area contributed by atoms with Gasteiger partial charge in [0.15, 0.2) is 0 Å². The summed E-state index contributed by atoms with van der Waals surface area (Å²) in [5.74, 6) is 1.57. The van der Waals surface area contributed by atoms with Gasteiger partial charge >= 0.3 is 6.03 Å². The molecule has 26 heavy (non-hydrogen) atoms. The van der Waals surface area contributed by atoms with E-state index in [1.54, 1.807) is 23.2 Å². The van der Waals surface area contributed by atoms with Crippen LogP contribution in [0.25, 0.3) is 0 Å². The molecule has 1 aromatic heterocycles. The molecule has 2 aromatic rings. The minimum absolute atomic E-state index is 0.0833. The van der Waals surface area contributed by atoms with Gasteiger partial charge in [-0.05, 0) is 24.3 Å². The molecule has 0 atom stereocenters. The number of hydrogen-bond donors (Lipinski definition) is 1. The Labute approximate surface area is 152 Å². The molecule has 0 bridgehead atoms. The van der Waals surface area contributed by atoms with Crippen LogP contribution in [-0.2, 0) is 0 Å². The predicted molar refractivity (Wildman–Crippen MR) is 98.1 cm³/mol. The van der Waals surface area contributed by atoms with Crippen molar-refractivity contribution in [1.29, 1.82) is 5.26 Å². The molecule has 0 unspecified atom stereocenters. The Morgan fingerprint density at radius 3 is 2.69 bits per heavy atom. The van der Waals surface area contributed by atoms with Gasteiger partial charge in [-0.25, -0.2) is 9.78 Å². The Bertz CT molecular complexity index is 767. The zero-order valence-electron chi connectivity index (χ0n) is 14.5. The Balaban J connectivity index is 1.40. The number of pyridine rings is 1. The van der Waals surface area contributed by atoms with Crippen LogP contribution in [0.3, 0.4) is 0 Å². The second kappa shape index (κ2) is 8.72. The Morgan fingerprint density at radius 2 is 1.96 bits per heavy atom. The normalized spacial score (nSPS) is 13.8. The van der Waals surface area contributed by atoms with Gasteiger partial charge in [0.05, 0.1) is 18.2 Å². The number of hydrogen-bond acceptors (Lipinski definition) is 5. The van der Waals surface area contributed by atoms with Crippen LogP contribution in [0.15, 0.2) is 48.7 Å². The van der Waals surface area contributed by atoms with E-state index < -0.39 is 0 Å². The number of benzene rings is 1. The molecule has 1 N–H and O–H groups in total. The third kappa shape index (κ3) is 4.63. The van der Waals surface area contributed by atoms with E-state index in [1.807, 2.05) is 30.3 Å². The van der Waals surface area contributed by atoms with Crippen molar-refractivity contribution < 1.29 is 9.53 Å². The summed E-state index contributed by atoms with van der Waals surface area (Å²) in [7, 11) is 0. The summed E-state index contributed by atoms with van der Waals surface area (Å²) in [6.07, 6.45) is 1.64. The van der Waals surface area contributed by atoms with Gasteiger partial charge in [0.1, 0.15) is 18.2 Å². The average molecular weight is 351 g/mol. The Hall–Kier alpha value is -3.27. The van der Waals surface area contributed by atoms with Gasteiger partial charge in [-0.15, -0.1) is 0 Å². The van der Waals surface area contributed by atoms with Crippen molar-refractivity contribution in [2.75, 3.05) is 44.2 Å². The van der Waals surface area contributed by atoms with E-state index in [2.05, 4.69) is 21.3 Å². The van der Waals surface area contributed by atoms with Gasteiger partial charge in [0.25, 0.3) is 0 Å². The molecule has 2 heterocycles. The van der Waals surface area contributed by atoms with Crippen LogP contribution in [0.1, 0.15) is 5.56 Å². The largest absolute Gasteiger partial charge is 0.492 e. The highest BCUT2D eigenvalue weighted by Gasteiger charge is 2.21. The van der Waals surface area contributed by atoms with Crippen molar-refractivity contribution in [2.45, 2.75) is 0 Å². The van der Waals surface area contributed by atoms with Crippen LogP contribution in [0.2, 0.25) is 0 Å². The highest BCUT2D eigenvalue weighted by atomic mass is 16.5. The molecule has 1 aliphatic rings. The summed E-state index contributed by atoms with van der Waals surface area (Å²) in [6, 6.07) is 15.0. The smallest absolute Gasteiger partial charge is 0.317 e. The van der Waals surface area contributed by atoms with E-state index in [0.29, 0.717) is 44.9 Å². The van der Waals surface area contributed by atoms with Crippen molar-refractivity contribution in [2.24, 2.45) is 0 Å². The maximum atomic E-state index is 12.2. The maximum Gasteiger partial charge on any atom is 0.317 e. The first-order valence-corrected chi connectivity index (χ1v) is 8.58. The average Bonchev–Trinajstić information content (AvgIpc) is 2.72. The topological polar surface area (TPSA) is 81.5 Å². The van der Waals surface area contributed by atoms with E-state index in [-0.39, 0.29) is 6.03 Å². The van der Waals surface area contributed by atoms with E-state index >= 15 is 0 Å². The molecule has 7 nitrogen and oxygen atoms in total. The summed E-state index contributed by atoms with van der Waals surface area (Å²) in [5.41, 5.74) is 0.591. The van der Waals surface area contributed by atoms with Crippen molar-refractivity contribution in [3.8, 4) is 11.8 Å². The Kier molecular flexibility index (Phi) is 5.88. The minimum atomic E-state index is -0.0833. The first-order chi connectivity index (χ1) is 12.8. The maximum absolute atomic E-state index is 12.2. The molecular formula is C19H21N5O2. The lowest BCUT2D eigenvalue weighted by Gasteiger charge is -2.35. The zero-order valence-corrected chi connectivity index (χ0v) is 14.5. The molecule has 2 amide bonds. The lowest BCUT2D eigenvalue weighted by Crippen LogP contribution is -2.52. The molecule has 7 heteroatoms. The number of anilines is 1. The molecule has 134 valence electrons. The third-order valence-electron chi connectivity index (χ3n) is 4.16. The molecule has 0 radical (unpaired) electrons. The SMILES string of the molecule is N#Cc1ccnc(N2CCN(C(=O)NCCOc3ccccc3)CC2)c1. The van der Waals surface area contributed by atoms with Crippen LogP contribution in [0.4, 0.5) is 10.6 Å². The van der Waals surface area contributed by atoms with Crippen LogP contribution in [0, 0.1) is 11.3 Å². The number of urea groups is 1. The summed E-state index contributed by atoms with van der Waals surface area (Å²) >= 11 is 0. The highest BCUT2D eigenvalue weighted by molar-refractivity contribution is 5.74.